The summed E-state index contributed by atoms with van der Waals surface area (Å²) in [4.78, 5) is 180. The third-order valence-corrected chi connectivity index (χ3v) is 13.8. The van der Waals surface area contributed by atoms with E-state index in [4.69, 9.17) is 91.7 Å². The largest absolute Gasteiger partial charge is 0.394 e. The summed E-state index contributed by atoms with van der Waals surface area (Å²) in [6.07, 6.45) is 3.87. The van der Waals surface area contributed by atoms with Crippen molar-refractivity contribution < 1.29 is 107 Å². The quantitative estimate of drug-likeness (QED) is 0.0422. The number of hydrogen-bond donors (Lipinski definition) is 33. The molecule has 12 atom stereocenters. The maximum absolute atomic E-state index is 13.5. The van der Waals surface area contributed by atoms with Crippen molar-refractivity contribution in [2.45, 2.75) is 131 Å². The predicted molar refractivity (Wildman–Crippen MR) is 355 cm³/mol. The molecule has 4 saturated heterocycles. The molecule has 0 aliphatic carbocycles. The zero-order valence-electron chi connectivity index (χ0n) is 55.1. The van der Waals surface area contributed by atoms with Gasteiger partial charge >= 0.3 is 32.9 Å². The SMILES string of the molecule is C[C@@H]1NC(=O)[C@@H](N)CNC(=O)[C@H](C2CCNC(=N)N2)NC(=O)/C(=C/NC(N)=O)NC(=O)[C@H](CNC(=O)CC(N)CCCN)NC1=O.N=C1NCCC([C@@H]2NC(=O)/C(=C/NC(N)=O)NC(=O)[C@H](CNC(=O)CC(N)CCCN)NC(=O)[C@H](CO)NC(=O)[C@@H](N)CNC2=O)N1.O=S(=O)(O)O.O=S(=O)(O)O. The van der Waals surface area contributed by atoms with Gasteiger partial charge in [-0.15, -0.1) is 0 Å². The second kappa shape index (κ2) is 45.5. The van der Waals surface area contributed by atoms with E-state index in [0.717, 1.165) is 12.4 Å². The van der Waals surface area contributed by atoms with Crippen LogP contribution in [0, 0.1) is 10.8 Å². The van der Waals surface area contributed by atoms with Gasteiger partial charge in [-0.25, -0.2) is 9.59 Å². The molecule has 4 fully saturated rings. The van der Waals surface area contributed by atoms with Crippen molar-refractivity contribution >= 4 is 116 Å². The molecule has 4 aliphatic heterocycles. The minimum Gasteiger partial charge on any atom is -0.394 e. The van der Waals surface area contributed by atoms with Crippen LogP contribution in [0.25, 0.3) is 0 Å². The molecule has 0 spiro atoms. The highest BCUT2D eigenvalue weighted by molar-refractivity contribution is 7.80. The molecule has 4 heterocycles. The number of rotatable bonds is 19. The highest BCUT2D eigenvalue weighted by atomic mass is 32.3. The topological polar surface area (TPSA) is 881 Å². The van der Waals surface area contributed by atoms with Crippen LogP contribution < -0.4 is 142 Å². The van der Waals surface area contributed by atoms with Gasteiger partial charge in [-0.2, -0.15) is 16.8 Å². The first-order valence-electron chi connectivity index (χ1n) is 30.6. The average Bonchev–Trinajstić information content (AvgIpc) is 0.841. The summed E-state index contributed by atoms with van der Waals surface area (Å²) in [6.45, 7) is -0.190. The summed E-state index contributed by atoms with van der Waals surface area (Å²) < 4.78 is 63.2. The summed E-state index contributed by atoms with van der Waals surface area (Å²) in [6, 6.07) is -16.5. The van der Waals surface area contributed by atoms with Crippen molar-refractivity contribution in [3.8, 4) is 0 Å². The average molecular weight is 1520 g/mol. The highest BCUT2D eigenvalue weighted by Crippen LogP contribution is 2.09. The Morgan fingerprint density at radius 3 is 1.21 bits per heavy atom. The third kappa shape index (κ3) is 38.9. The smallest absolute Gasteiger partial charge is 0.394 e. The Bertz CT molecular complexity index is 3290. The van der Waals surface area contributed by atoms with Gasteiger partial charge in [-0.05, 0) is 58.5 Å². The van der Waals surface area contributed by atoms with E-state index in [0.29, 0.717) is 38.8 Å². The molecular weight excluding hydrogens is 1420 g/mol. The van der Waals surface area contributed by atoms with Gasteiger partial charge in [-0.1, -0.05) is 0 Å². The fourth-order valence-corrected chi connectivity index (χ4v) is 8.69. The van der Waals surface area contributed by atoms with Crippen molar-refractivity contribution in [1.82, 2.24) is 95.7 Å². The van der Waals surface area contributed by atoms with E-state index in [9.17, 15) is 72.2 Å². The van der Waals surface area contributed by atoms with Crippen LogP contribution in [-0.2, 0) is 78.3 Å². The minimum atomic E-state index is -4.67. The van der Waals surface area contributed by atoms with Crippen LogP contribution in [0.4, 0.5) is 9.59 Å². The summed E-state index contributed by atoms with van der Waals surface area (Å²) in [5.74, 6) is -11.0. The van der Waals surface area contributed by atoms with Crippen LogP contribution >= 0.6 is 0 Å². The van der Waals surface area contributed by atoms with Gasteiger partial charge in [0.2, 0.25) is 59.1 Å². The number of urea groups is 2. The summed E-state index contributed by atoms with van der Waals surface area (Å²) in [5.41, 5.74) is 43.7. The third-order valence-electron chi connectivity index (χ3n) is 13.8. The summed E-state index contributed by atoms with van der Waals surface area (Å²) in [7, 11) is -9.33. The lowest BCUT2D eigenvalue weighted by atomic mass is 10.0. The number of hydrogen-bond acceptors (Lipinski definition) is 27. The molecule has 53 heteroatoms. The fourth-order valence-electron chi connectivity index (χ4n) is 8.69. The molecule has 582 valence electrons. The van der Waals surface area contributed by atoms with E-state index in [-0.39, 0.29) is 50.7 Å². The lowest BCUT2D eigenvalue weighted by Crippen LogP contribution is -2.65. The molecule has 0 aromatic carbocycles. The first-order valence-corrected chi connectivity index (χ1v) is 33.4. The van der Waals surface area contributed by atoms with Crippen LogP contribution in [0.3, 0.4) is 0 Å². The van der Waals surface area contributed by atoms with E-state index >= 15 is 0 Å². The number of nitrogens with two attached hydrogens (primary N) is 8. The number of aliphatic hydroxyl groups is 1. The Morgan fingerprint density at radius 2 is 0.874 bits per heavy atom. The van der Waals surface area contributed by atoms with Crippen LogP contribution in [0.2, 0.25) is 0 Å². The van der Waals surface area contributed by atoms with Gasteiger partial charge < -0.3 is 147 Å². The van der Waals surface area contributed by atoms with E-state index < -0.39 is 220 Å². The monoisotopic (exact) mass is 1520 g/mol. The molecule has 0 saturated carbocycles. The van der Waals surface area contributed by atoms with Gasteiger partial charge in [0, 0.05) is 76.6 Å². The van der Waals surface area contributed by atoms with Crippen molar-refractivity contribution in [2.24, 2.45) is 45.9 Å². The van der Waals surface area contributed by atoms with Gasteiger partial charge in [0.05, 0.1) is 18.7 Å². The number of amides is 16. The maximum Gasteiger partial charge on any atom is 0.394 e. The maximum atomic E-state index is 13.5. The Labute approximate surface area is 587 Å². The number of carbonyl (C=O) groups is 14. The van der Waals surface area contributed by atoms with Crippen LogP contribution in [0.15, 0.2) is 23.8 Å². The molecule has 0 aromatic rings. The normalized spacial score (nSPS) is 25.0. The Balaban J connectivity index is 0.000000908. The van der Waals surface area contributed by atoms with E-state index in [1.807, 2.05) is 5.32 Å². The van der Waals surface area contributed by atoms with Crippen molar-refractivity contribution in [3.63, 3.8) is 0 Å². The number of guanidine groups is 2. The van der Waals surface area contributed by atoms with Crippen molar-refractivity contribution in [2.75, 3.05) is 59.0 Å². The number of primary amides is 2. The standard InChI is InChI=1S/C25H44N14O8.C25H44N14O7.2H2O4S/c26-4-1-2-11(27)6-17(41)32-8-14-20(43)35-15(9-34-25(30)47)21(44)39-18(13-3-5-31-24(29)38-13)23(46)33-7-12(28)19(42)37-16(10-40)22(45)36-14;1-11-19(41)36-15(9-32-17(40)7-12(27)3-2-5-26)21(43)37-16(10-34-25(30)46)22(44)39-18(14-4-6-31-24(29)38-14)23(45)33-8-13(28)20(42)35-11;2*1-5(2,3)4/h9,11-14,16,18,40H,1-8,10,26-28H2,(H,32,41)(H,33,46)(H,35,43)(H,36,45)(H,37,42)(H,39,44)(H3,29,31,38)(H3,30,34,47);10-15,18H,2-9,26-28H2,1H3,(H,32,40)(H,33,45)(H,35,42)(H,36,41)(H,37,43)(H,39,44)(H3,29,31,38)(H3,30,34,46);2*(H2,1,2,3,4)/b15-9-;16-10-;;/t11?,12-,13?,14-,16-,18-;11-,12?,13-,14?,15-,18-;;/m00../s1. The van der Waals surface area contributed by atoms with E-state index in [2.05, 4.69) is 90.4 Å². The van der Waals surface area contributed by atoms with Crippen molar-refractivity contribution in [1.29, 1.82) is 10.8 Å². The lowest BCUT2D eigenvalue weighted by molar-refractivity contribution is -0.134. The second-order valence-corrected chi connectivity index (χ2v) is 24.1. The molecule has 0 bridgehead atoms. The number of aliphatic hydroxyl groups excluding tert-OH is 1. The van der Waals surface area contributed by atoms with Crippen LogP contribution in [0.5, 0.6) is 0 Å². The second-order valence-electron chi connectivity index (χ2n) is 22.3. The van der Waals surface area contributed by atoms with E-state index in [1.165, 1.54) is 6.92 Å². The minimum absolute atomic E-state index is 0.103. The molecular formula is C50H92N28O23S2. The molecule has 103 heavy (non-hydrogen) atoms. The zero-order chi connectivity index (χ0) is 78.5. The van der Waals surface area contributed by atoms with Gasteiger partial charge in [0.15, 0.2) is 11.9 Å². The molecule has 41 N–H and O–H groups in total. The fraction of sp³-hybridized carbons (Fsp3) is 0.600. The van der Waals surface area contributed by atoms with Gasteiger partial charge in [0.1, 0.15) is 59.7 Å². The van der Waals surface area contributed by atoms with Crippen molar-refractivity contribution in [3.05, 3.63) is 23.8 Å². The number of nitrogens with one attached hydrogen (secondary N) is 20. The summed E-state index contributed by atoms with van der Waals surface area (Å²) in [5, 5.41) is 69.1. The summed E-state index contributed by atoms with van der Waals surface area (Å²) >= 11 is 0. The highest BCUT2D eigenvalue weighted by Gasteiger charge is 2.38. The predicted octanol–water partition coefficient (Wildman–Crippen LogP) is -16.3. The molecule has 0 aromatic heterocycles. The number of carbonyl (C=O) groups excluding carboxylic acids is 14. The zero-order valence-corrected chi connectivity index (χ0v) is 56.8. The van der Waals surface area contributed by atoms with Crippen LogP contribution in [-0.4, -0.2) is 266 Å². The molecule has 16 amide bonds. The molecule has 4 aliphatic rings. The Kier molecular flexibility index (Phi) is 40.1. The Hall–Kier alpha value is -10.3. The van der Waals surface area contributed by atoms with Gasteiger partial charge in [-0.3, -0.25) is 86.6 Å². The molecule has 51 nitrogen and oxygen atoms in total. The molecule has 0 radical (unpaired) electrons. The lowest BCUT2D eigenvalue weighted by Gasteiger charge is -2.33. The van der Waals surface area contributed by atoms with Gasteiger partial charge in [0.25, 0.3) is 11.8 Å². The first-order chi connectivity index (χ1) is 48.0. The van der Waals surface area contributed by atoms with Crippen LogP contribution in [0.1, 0.15) is 58.3 Å². The molecule has 4 rings (SSSR count). The first kappa shape index (κ1) is 90.7. The molecule has 4 unspecified atom stereocenters. The van der Waals surface area contributed by atoms with E-state index in [1.54, 1.807) is 0 Å². The Morgan fingerprint density at radius 1 is 0.524 bits per heavy atom.